The number of fused-ring (bicyclic) bond motifs is 1. The van der Waals surface area contributed by atoms with Gasteiger partial charge in [0.2, 0.25) is 0 Å². The molecule has 0 fully saturated rings. The van der Waals surface area contributed by atoms with Gasteiger partial charge in [0.05, 0.1) is 5.56 Å². The number of nitrogens with zero attached hydrogens (tertiary/aromatic N) is 2. The average molecular weight is 338 g/mol. The van der Waals surface area contributed by atoms with Crippen LogP contribution in [-0.2, 0) is 6.18 Å². The van der Waals surface area contributed by atoms with E-state index in [-0.39, 0.29) is 5.65 Å². The molecule has 0 unspecified atom stereocenters. The summed E-state index contributed by atoms with van der Waals surface area (Å²) in [6, 6.07) is 5.41. The third kappa shape index (κ3) is 2.60. The number of hydrogen-bond acceptors (Lipinski definition) is 3. The van der Waals surface area contributed by atoms with E-state index in [9.17, 15) is 27.5 Å². The quantitative estimate of drug-likeness (QED) is 0.691. The molecule has 0 spiro atoms. The first kappa shape index (κ1) is 16.0. The fourth-order valence-electron chi connectivity index (χ4n) is 2.39. The number of alkyl halides is 3. The van der Waals surface area contributed by atoms with Crippen molar-refractivity contribution in [1.82, 2.24) is 9.38 Å². The van der Waals surface area contributed by atoms with Gasteiger partial charge in [-0.2, -0.15) is 13.2 Å². The molecule has 3 rings (SSSR count). The maximum absolute atomic E-state index is 14.0. The van der Waals surface area contributed by atoms with E-state index in [1.807, 2.05) is 0 Å². The summed E-state index contributed by atoms with van der Waals surface area (Å²) in [4.78, 5) is 16.1. The minimum absolute atomic E-state index is 0.185. The lowest BCUT2D eigenvalue weighted by molar-refractivity contribution is -0.140. The first-order chi connectivity index (χ1) is 11.2. The van der Waals surface area contributed by atoms with Gasteiger partial charge in [0.25, 0.3) is 5.56 Å². The normalized spacial score (nSPS) is 11.9. The number of hydrogen-bond donors (Lipinski definition) is 1. The lowest BCUT2D eigenvalue weighted by Gasteiger charge is -2.14. The summed E-state index contributed by atoms with van der Waals surface area (Å²) in [7, 11) is 0. The molecule has 0 aliphatic carbocycles. The van der Waals surface area contributed by atoms with Crippen LogP contribution in [0.25, 0.3) is 16.8 Å². The van der Waals surface area contributed by atoms with Crippen LogP contribution in [-0.4, -0.2) is 14.5 Å². The summed E-state index contributed by atoms with van der Waals surface area (Å²) in [6.45, 7) is 1.65. The Bertz CT molecular complexity index is 1010. The molecule has 0 saturated carbocycles. The van der Waals surface area contributed by atoms with E-state index >= 15 is 0 Å². The lowest BCUT2D eigenvalue weighted by atomic mass is 10.0. The Kier molecular flexibility index (Phi) is 3.55. The second kappa shape index (κ2) is 5.33. The van der Waals surface area contributed by atoms with E-state index in [1.54, 1.807) is 6.92 Å². The van der Waals surface area contributed by atoms with Gasteiger partial charge in [-0.05, 0) is 36.8 Å². The van der Waals surface area contributed by atoms with Crippen LogP contribution in [0.1, 0.15) is 11.3 Å². The van der Waals surface area contributed by atoms with Gasteiger partial charge in [0.15, 0.2) is 5.69 Å². The van der Waals surface area contributed by atoms with Crippen molar-refractivity contribution in [1.29, 1.82) is 0 Å². The van der Waals surface area contributed by atoms with Crippen molar-refractivity contribution in [2.24, 2.45) is 0 Å². The van der Waals surface area contributed by atoms with Crippen molar-refractivity contribution in [2.75, 3.05) is 0 Å². The highest BCUT2D eigenvalue weighted by Gasteiger charge is 2.38. The topological polar surface area (TPSA) is 54.6 Å². The summed E-state index contributed by atoms with van der Waals surface area (Å²) in [6.07, 6.45) is -3.67. The zero-order chi connectivity index (χ0) is 17.6. The van der Waals surface area contributed by atoms with Gasteiger partial charge in [-0.15, -0.1) is 0 Å². The van der Waals surface area contributed by atoms with E-state index in [1.165, 1.54) is 18.3 Å². The van der Waals surface area contributed by atoms with Gasteiger partial charge >= 0.3 is 6.18 Å². The minimum atomic E-state index is -4.95. The van der Waals surface area contributed by atoms with Gasteiger partial charge in [-0.1, -0.05) is 0 Å². The SMILES string of the molecule is Cc1ccn2c(=O)c(-c3ccc(O)cc3F)c(C(F)(F)F)nc2c1. The van der Waals surface area contributed by atoms with Crippen LogP contribution in [0.2, 0.25) is 0 Å². The van der Waals surface area contributed by atoms with E-state index in [4.69, 9.17) is 0 Å². The predicted octanol–water partition coefficient (Wildman–Crippen LogP) is 3.53. The largest absolute Gasteiger partial charge is 0.508 e. The summed E-state index contributed by atoms with van der Waals surface area (Å²) < 4.78 is 55.1. The fourth-order valence-corrected chi connectivity index (χ4v) is 2.39. The number of aryl methyl sites for hydroxylation is 1. The van der Waals surface area contributed by atoms with E-state index in [0.717, 1.165) is 16.5 Å². The molecule has 2 aromatic heterocycles. The predicted molar refractivity (Wildman–Crippen MR) is 78.3 cm³/mol. The molecule has 2 heterocycles. The second-order valence-electron chi connectivity index (χ2n) is 5.23. The van der Waals surface area contributed by atoms with E-state index < -0.39 is 40.1 Å². The van der Waals surface area contributed by atoms with Gasteiger partial charge in [0, 0.05) is 17.8 Å². The Hall–Kier alpha value is -2.90. The standard InChI is InChI=1S/C16H10F4N2O2/c1-8-4-5-22-12(6-8)21-14(16(18,19)20)13(15(22)24)10-3-2-9(23)7-11(10)17/h2-7,23H,1H3. The van der Waals surface area contributed by atoms with Crippen molar-refractivity contribution in [3.63, 3.8) is 0 Å². The molecule has 24 heavy (non-hydrogen) atoms. The number of pyridine rings is 1. The second-order valence-corrected chi connectivity index (χ2v) is 5.23. The van der Waals surface area contributed by atoms with Crippen molar-refractivity contribution in [3.8, 4) is 16.9 Å². The molecule has 8 heteroatoms. The Morgan fingerprint density at radius 3 is 2.50 bits per heavy atom. The van der Waals surface area contributed by atoms with Crippen LogP contribution in [0.3, 0.4) is 0 Å². The Balaban J connectivity index is 2.47. The first-order valence-corrected chi connectivity index (χ1v) is 6.77. The van der Waals surface area contributed by atoms with Crippen molar-refractivity contribution in [3.05, 3.63) is 64.0 Å². The lowest BCUT2D eigenvalue weighted by Crippen LogP contribution is -2.24. The van der Waals surface area contributed by atoms with Crippen LogP contribution < -0.4 is 5.56 Å². The summed E-state index contributed by atoms with van der Waals surface area (Å²) in [5.74, 6) is -1.61. The molecule has 1 aromatic carbocycles. The summed E-state index contributed by atoms with van der Waals surface area (Å²) in [5, 5.41) is 9.22. The molecule has 0 atom stereocenters. The van der Waals surface area contributed by atoms with Gasteiger partial charge in [-0.25, -0.2) is 9.37 Å². The van der Waals surface area contributed by atoms with Gasteiger partial charge in [-0.3, -0.25) is 9.20 Å². The Labute approximate surface area is 132 Å². The number of rotatable bonds is 1. The smallest absolute Gasteiger partial charge is 0.434 e. The molecule has 0 radical (unpaired) electrons. The molecule has 0 amide bonds. The number of aromatic hydroxyl groups is 1. The maximum atomic E-state index is 14.0. The highest BCUT2D eigenvalue weighted by molar-refractivity contribution is 5.68. The van der Waals surface area contributed by atoms with Gasteiger partial charge < -0.3 is 5.11 Å². The van der Waals surface area contributed by atoms with Crippen LogP contribution in [0.5, 0.6) is 5.75 Å². The third-order valence-corrected chi connectivity index (χ3v) is 3.48. The van der Waals surface area contributed by atoms with E-state index in [2.05, 4.69) is 4.98 Å². The monoisotopic (exact) mass is 338 g/mol. The number of halogens is 4. The average Bonchev–Trinajstić information content (AvgIpc) is 2.47. The molecular formula is C16H10F4N2O2. The van der Waals surface area contributed by atoms with Crippen LogP contribution in [0, 0.1) is 12.7 Å². The molecule has 0 aliphatic rings. The maximum Gasteiger partial charge on any atom is 0.434 e. The molecule has 0 aliphatic heterocycles. The highest BCUT2D eigenvalue weighted by atomic mass is 19.4. The van der Waals surface area contributed by atoms with Crippen LogP contribution >= 0.6 is 0 Å². The van der Waals surface area contributed by atoms with Crippen molar-refractivity contribution < 1.29 is 22.7 Å². The highest BCUT2D eigenvalue weighted by Crippen LogP contribution is 2.35. The molecule has 124 valence electrons. The molecular weight excluding hydrogens is 328 g/mol. The molecule has 0 bridgehead atoms. The third-order valence-electron chi connectivity index (χ3n) is 3.48. The minimum Gasteiger partial charge on any atom is -0.508 e. The first-order valence-electron chi connectivity index (χ1n) is 6.77. The molecule has 1 N–H and O–H groups in total. The summed E-state index contributed by atoms with van der Waals surface area (Å²) >= 11 is 0. The van der Waals surface area contributed by atoms with Gasteiger partial charge in [0.1, 0.15) is 17.2 Å². The van der Waals surface area contributed by atoms with Crippen LogP contribution in [0.4, 0.5) is 17.6 Å². The number of aromatic nitrogens is 2. The fraction of sp³-hybridized carbons (Fsp3) is 0.125. The number of phenolic OH excluding ortho intramolecular Hbond substituents is 1. The number of benzene rings is 1. The summed E-state index contributed by atoms with van der Waals surface area (Å²) in [5.41, 5.74) is -3.55. The van der Waals surface area contributed by atoms with Crippen LogP contribution in [0.15, 0.2) is 41.3 Å². The van der Waals surface area contributed by atoms with E-state index in [0.29, 0.717) is 11.6 Å². The van der Waals surface area contributed by atoms with Crippen molar-refractivity contribution >= 4 is 5.65 Å². The number of phenols is 1. The zero-order valence-electron chi connectivity index (χ0n) is 12.2. The Morgan fingerprint density at radius 2 is 1.88 bits per heavy atom. The zero-order valence-corrected chi connectivity index (χ0v) is 12.2. The molecule has 0 saturated heterocycles. The Morgan fingerprint density at radius 1 is 1.17 bits per heavy atom. The van der Waals surface area contributed by atoms with Crippen molar-refractivity contribution in [2.45, 2.75) is 13.1 Å². The molecule has 4 nitrogen and oxygen atoms in total. The molecule has 3 aromatic rings.